The first-order chi connectivity index (χ1) is 8.16. The maximum absolute atomic E-state index is 12.5. The molecule has 0 spiro atoms. The molecule has 1 aliphatic heterocycles. The first-order valence-electron chi connectivity index (χ1n) is 6.35. The Kier molecular flexibility index (Phi) is 4.41. The molecule has 6 heteroatoms. The Labute approximate surface area is 103 Å². The van der Waals surface area contributed by atoms with E-state index in [1.54, 1.807) is 0 Å². The van der Waals surface area contributed by atoms with E-state index in [0.717, 1.165) is 19.3 Å². The number of sulfonamides is 1. The minimum absolute atomic E-state index is 0.0983. The van der Waals surface area contributed by atoms with Gasteiger partial charge in [0, 0.05) is 25.8 Å². The Morgan fingerprint density at radius 2 is 1.82 bits per heavy atom. The summed E-state index contributed by atoms with van der Waals surface area (Å²) in [4.78, 5) is 0. The normalized spacial score (nSPS) is 23.9. The number of aliphatic hydroxyl groups excluding tert-OH is 1. The third kappa shape index (κ3) is 2.81. The molecule has 2 aliphatic rings. The summed E-state index contributed by atoms with van der Waals surface area (Å²) in [5.74, 6) is 0. The average Bonchev–Trinajstić information content (AvgIpc) is 2.27. The van der Waals surface area contributed by atoms with Crippen molar-refractivity contribution < 1.29 is 18.3 Å². The molecular formula is C11H21NO4S. The van der Waals surface area contributed by atoms with Crippen LogP contribution >= 0.6 is 0 Å². The number of hydrogen-bond acceptors (Lipinski definition) is 4. The number of nitrogens with zero attached hydrogens (tertiary/aromatic N) is 1. The van der Waals surface area contributed by atoms with E-state index in [4.69, 9.17) is 9.84 Å². The second-order valence-corrected chi connectivity index (χ2v) is 6.94. The highest BCUT2D eigenvalue weighted by Gasteiger charge is 2.38. The lowest BCUT2D eigenvalue weighted by Crippen LogP contribution is -2.50. The molecule has 0 aromatic carbocycles. The molecule has 0 aromatic heterocycles. The molecule has 1 saturated heterocycles. The molecule has 2 fully saturated rings. The van der Waals surface area contributed by atoms with Crippen LogP contribution in [-0.4, -0.2) is 55.5 Å². The second kappa shape index (κ2) is 5.65. The Bertz CT molecular complexity index is 333. The topological polar surface area (TPSA) is 66.8 Å². The van der Waals surface area contributed by atoms with Crippen LogP contribution in [0.25, 0.3) is 0 Å². The van der Waals surface area contributed by atoms with Gasteiger partial charge in [-0.05, 0) is 25.7 Å². The van der Waals surface area contributed by atoms with Gasteiger partial charge in [-0.3, -0.25) is 0 Å². The fourth-order valence-corrected chi connectivity index (χ4v) is 4.59. The molecule has 1 saturated carbocycles. The van der Waals surface area contributed by atoms with Crippen molar-refractivity contribution in [3.63, 3.8) is 0 Å². The third-order valence-corrected chi connectivity index (χ3v) is 6.17. The quantitative estimate of drug-likeness (QED) is 0.777. The summed E-state index contributed by atoms with van der Waals surface area (Å²) in [5, 5.41) is 8.72. The first kappa shape index (κ1) is 13.3. The van der Waals surface area contributed by atoms with Crippen molar-refractivity contribution in [1.82, 2.24) is 4.31 Å². The van der Waals surface area contributed by atoms with E-state index in [1.165, 1.54) is 4.31 Å². The molecule has 1 N–H and O–H groups in total. The Morgan fingerprint density at radius 3 is 2.29 bits per heavy atom. The van der Waals surface area contributed by atoms with E-state index in [1.807, 2.05) is 0 Å². The van der Waals surface area contributed by atoms with E-state index >= 15 is 0 Å². The van der Waals surface area contributed by atoms with E-state index in [-0.39, 0.29) is 24.4 Å². The zero-order chi connectivity index (χ0) is 12.3. The smallest absolute Gasteiger partial charge is 0.217 e. The predicted octanol–water partition coefficient (Wildman–Crippen LogP) is 0.342. The number of rotatable bonds is 5. The maximum atomic E-state index is 12.5. The van der Waals surface area contributed by atoms with Gasteiger partial charge in [-0.25, -0.2) is 8.42 Å². The minimum Gasteiger partial charge on any atom is -0.395 e. The summed E-state index contributed by atoms with van der Waals surface area (Å²) in [5.41, 5.74) is 0. The number of aliphatic hydroxyl groups is 1. The van der Waals surface area contributed by atoms with Gasteiger partial charge in [0.15, 0.2) is 0 Å². The summed E-state index contributed by atoms with van der Waals surface area (Å²) < 4.78 is 31.7. The molecule has 0 radical (unpaired) electrons. The lowest BCUT2D eigenvalue weighted by Gasteiger charge is -2.39. The van der Waals surface area contributed by atoms with Gasteiger partial charge in [0.2, 0.25) is 10.0 Å². The van der Waals surface area contributed by atoms with Gasteiger partial charge in [0.25, 0.3) is 0 Å². The summed E-state index contributed by atoms with van der Waals surface area (Å²) in [6.45, 7) is 1.20. The molecule has 5 nitrogen and oxygen atoms in total. The molecule has 1 aliphatic carbocycles. The fraction of sp³-hybridized carbons (Fsp3) is 1.00. The van der Waals surface area contributed by atoms with Crippen LogP contribution in [0.5, 0.6) is 0 Å². The number of hydrogen-bond donors (Lipinski definition) is 1. The summed E-state index contributed by atoms with van der Waals surface area (Å²) in [6, 6.07) is 0.120. The van der Waals surface area contributed by atoms with Crippen LogP contribution in [0.1, 0.15) is 32.1 Å². The Balaban J connectivity index is 2.08. The Morgan fingerprint density at radius 1 is 1.18 bits per heavy atom. The zero-order valence-electron chi connectivity index (χ0n) is 10.0. The molecule has 17 heavy (non-hydrogen) atoms. The standard InChI is InChI=1S/C11H21NO4S/c13-7-6-12(10-2-1-3-10)17(14,15)11-4-8-16-9-5-11/h10-11,13H,1-9H2. The maximum Gasteiger partial charge on any atom is 0.217 e. The van der Waals surface area contributed by atoms with Gasteiger partial charge in [-0.15, -0.1) is 0 Å². The highest BCUT2D eigenvalue weighted by Crippen LogP contribution is 2.30. The molecule has 1 heterocycles. The molecular weight excluding hydrogens is 242 g/mol. The third-order valence-electron chi connectivity index (χ3n) is 3.72. The van der Waals surface area contributed by atoms with E-state index in [9.17, 15) is 8.42 Å². The van der Waals surface area contributed by atoms with Crippen molar-refractivity contribution in [1.29, 1.82) is 0 Å². The van der Waals surface area contributed by atoms with Crippen molar-refractivity contribution in [2.75, 3.05) is 26.4 Å². The number of ether oxygens (including phenoxy) is 1. The van der Waals surface area contributed by atoms with Crippen LogP contribution in [0.3, 0.4) is 0 Å². The van der Waals surface area contributed by atoms with Crippen LogP contribution in [0.4, 0.5) is 0 Å². The minimum atomic E-state index is -3.25. The van der Waals surface area contributed by atoms with Gasteiger partial charge in [-0.1, -0.05) is 6.42 Å². The molecule has 0 unspecified atom stereocenters. The van der Waals surface area contributed by atoms with Crippen molar-refractivity contribution >= 4 is 10.0 Å². The summed E-state index contributed by atoms with van der Waals surface area (Å²) in [6.07, 6.45) is 4.12. The Hall–Kier alpha value is -0.170. The van der Waals surface area contributed by atoms with Gasteiger partial charge in [0.1, 0.15) is 0 Å². The van der Waals surface area contributed by atoms with Crippen LogP contribution < -0.4 is 0 Å². The van der Waals surface area contributed by atoms with Gasteiger partial charge in [-0.2, -0.15) is 4.31 Å². The average molecular weight is 263 g/mol. The van der Waals surface area contributed by atoms with Crippen LogP contribution in [0, 0.1) is 0 Å². The van der Waals surface area contributed by atoms with Crippen molar-refractivity contribution in [2.24, 2.45) is 0 Å². The SMILES string of the molecule is O=S(=O)(C1CCOCC1)N(CCO)C1CCC1. The van der Waals surface area contributed by atoms with Crippen LogP contribution in [0.2, 0.25) is 0 Å². The fourth-order valence-electron chi connectivity index (χ4n) is 2.46. The van der Waals surface area contributed by atoms with Crippen LogP contribution in [0.15, 0.2) is 0 Å². The molecule has 0 atom stereocenters. The van der Waals surface area contributed by atoms with Crippen molar-refractivity contribution in [3.05, 3.63) is 0 Å². The zero-order valence-corrected chi connectivity index (χ0v) is 10.9. The molecule has 0 aromatic rings. The van der Waals surface area contributed by atoms with Gasteiger partial charge < -0.3 is 9.84 Å². The largest absolute Gasteiger partial charge is 0.395 e. The van der Waals surface area contributed by atoms with Gasteiger partial charge in [0.05, 0.1) is 11.9 Å². The molecule has 0 amide bonds. The van der Waals surface area contributed by atoms with E-state index in [2.05, 4.69) is 0 Å². The second-order valence-electron chi connectivity index (χ2n) is 4.78. The van der Waals surface area contributed by atoms with E-state index < -0.39 is 10.0 Å². The first-order valence-corrected chi connectivity index (χ1v) is 7.86. The lowest BCUT2D eigenvalue weighted by atomic mass is 9.93. The molecule has 2 rings (SSSR count). The summed E-state index contributed by atoms with van der Waals surface area (Å²) >= 11 is 0. The van der Waals surface area contributed by atoms with Crippen molar-refractivity contribution in [2.45, 2.75) is 43.4 Å². The van der Waals surface area contributed by atoms with Gasteiger partial charge >= 0.3 is 0 Å². The lowest BCUT2D eigenvalue weighted by molar-refractivity contribution is 0.0953. The van der Waals surface area contributed by atoms with Crippen molar-refractivity contribution in [3.8, 4) is 0 Å². The van der Waals surface area contributed by atoms with Crippen LogP contribution in [-0.2, 0) is 14.8 Å². The monoisotopic (exact) mass is 263 g/mol. The highest BCUT2D eigenvalue weighted by molar-refractivity contribution is 7.89. The highest BCUT2D eigenvalue weighted by atomic mass is 32.2. The molecule has 0 bridgehead atoms. The predicted molar refractivity (Wildman–Crippen MR) is 64.2 cm³/mol. The molecule has 100 valence electrons. The summed E-state index contributed by atoms with van der Waals surface area (Å²) in [7, 11) is -3.25. The van der Waals surface area contributed by atoms with E-state index in [0.29, 0.717) is 26.1 Å².